The third-order valence-corrected chi connectivity index (χ3v) is 5.37. The van der Waals surface area contributed by atoms with Gasteiger partial charge in [0.05, 0.1) is 25.0 Å². The van der Waals surface area contributed by atoms with Crippen LogP contribution in [-0.2, 0) is 0 Å². The first-order valence-corrected chi connectivity index (χ1v) is 10.1. The van der Waals surface area contributed by atoms with E-state index in [-0.39, 0.29) is 23.2 Å². The third-order valence-electron chi connectivity index (χ3n) is 5.37. The number of aromatic nitrogens is 4. The minimum Gasteiger partial charge on any atom is -0.491 e. The summed E-state index contributed by atoms with van der Waals surface area (Å²) < 4.78 is 84.7. The summed E-state index contributed by atoms with van der Waals surface area (Å²) in [6, 6.07) is 2.48. The molecule has 13 heteroatoms. The van der Waals surface area contributed by atoms with Gasteiger partial charge in [0, 0.05) is 18.3 Å². The van der Waals surface area contributed by atoms with Crippen molar-refractivity contribution < 1.29 is 36.2 Å². The first-order chi connectivity index (χ1) is 16.6. The molecule has 0 bridgehead atoms. The molecule has 182 valence electrons. The molecule has 0 N–H and O–H groups in total. The molecule has 1 unspecified atom stereocenters. The molecule has 1 aliphatic heterocycles. The molecule has 8 nitrogen and oxygen atoms in total. The zero-order valence-electron chi connectivity index (χ0n) is 17.8. The quantitative estimate of drug-likeness (QED) is 0.505. The molecule has 2 aromatic heterocycles. The van der Waals surface area contributed by atoms with E-state index >= 15 is 0 Å². The van der Waals surface area contributed by atoms with E-state index in [1.54, 1.807) is 4.68 Å². The highest BCUT2D eigenvalue weighted by Gasteiger charge is 2.66. The molecule has 0 saturated heterocycles. The Kier molecular flexibility index (Phi) is 5.15. The summed E-state index contributed by atoms with van der Waals surface area (Å²) in [4.78, 5) is 13.0. The summed E-state index contributed by atoms with van der Waals surface area (Å²) in [6.45, 7) is 0. The molecule has 0 saturated carbocycles. The topological polar surface area (TPSA) is 80.4 Å². The number of nitrogens with zero attached hydrogens (tertiary/aromatic N) is 4. The molecule has 0 fully saturated rings. The molecule has 3 aromatic rings. The van der Waals surface area contributed by atoms with E-state index in [1.807, 2.05) is 24.3 Å². The van der Waals surface area contributed by atoms with Gasteiger partial charge < -0.3 is 14.2 Å². The number of hydrogen-bond acceptors (Lipinski definition) is 6. The lowest BCUT2D eigenvalue weighted by Gasteiger charge is -2.32. The van der Waals surface area contributed by atoms with Crippen LogP contribution in [-0.4, -0.2) is 38.9 Å². The van der Waals surface area contributed by atoms with Crippen LogP contribution in [0.25, 0.3) is 17.1 Å². The minimum absolute atomic E-state index is 0.170. The van der Waals surface area contributed by atoms with Crippen molar-refractivity contribution in [2.75, 3.05) is 7.11 Å². The molecule has 3 heterocycles. The van der Waals surface area contributed by atoms with Crippen LogP contribution in [0.1, 0.15) is 12.5 Å². The van der Waals surface area contributed by atoms with Gasteiger partial charge >= 0.3 is 12.2 Å². The maximum atomic E-state index is 14.9. The molecule has 0 spiro atoms. The highest BCUT2D eigenvalue weighted by Crippen LogP contribution is 2.48. The first kappa shape index (κ1) is 22.6. The molecule has 1 atom stereocenters. The van der Waals surface area contributed by atoms with E-state index in [0.717, 1.165) is 10.9 Å². The summed E-state index contributed by atoms with van der Waals surface area (Å²) in [6.07, 6.45) is 0.546. The minimum atomic E-state index is -5.00. The Balaban J connectivity index is 1.64. The molecule has 0 radical (unpaired) electrons. The SMILES string of the molecule is COc1cn(-c2cc3c(cc2F)OC(F)(F)C(F)(F)O3)nc(-c2ccnn2C2C=CC=CC2)c1=O. The monoisotopic (exact) mass is 494 g/mol. The van der Waals surface area contributed by atoms with Crippen LogP contribution in [0.4, 0.5) is 22.0 Å². The van der Waals surface area contributed by atoms with Crippen molar-refractivity contribution >= 4 is 0 Å². The average Bonchev–Trinajstić information content (AvgIpc) is 3.30. The highest BCUT2D eigenvalue weighted by molar-refractivity contribution is 5.57. The molecule has 5 rings (SSSR count). The molecule has 1 aromatic carbocycles. The standard InChI is InChI=1S/C22H15F5N4O4/c1-33-18-11-30(15-10-17-16(9-13(15)23)34-21(24,25)22(26,27)35-17)29-19(20(18)32)14-7-8-28-31(14)12-5-3-2-4-6-12/h2-5,7-12H,6H2,1H3. The number of halogens is 5. The summed E-state index contributed by atoms with van der Waals surface area (Å²) >= 11 is 0. The fraction of sp³-hybridized carbons (Fsp3) is 0.227. The van der Waals surface area contributed by atoms with Crippen molar-refractivity contribution in [1.29, 1.82) is 0 Å². The van der Waals surface area contributed by atoms with Gasteiger partial charge in [-0.1, -0.05) is 24.3 Å². The summed E-state index contributed by atoms with van der Waals surface area (Å²) in [5.41, 5.74) is -1.00. The van der Waals surface area contributed by atoms with Gasteiger partial charge in [-0.25, -0.2) is 9.07 Å². The van der Waals surface area contributed by atoms with Crippen molar-refractivity contribution in [3.63, 3.8) is 0 Å². The lowest BCUT2D eigenvalue weighted by Crippen LogP contribution is -2.52. The normalized spacial score (nSPS) is 19.5. The maximum absolute atomic E-state index is 14.9. The number of fused-ring (bicyclic) bond motifs is 1. The lowest BCUT2D eigenvalue weighted by molar-refractivity contribution is -0.391. The zero-order valence-corrected chi connectivity index (χ0v) is 17.8. The van der Waals surface area contributed by atoms with E-state index in [0.29, 0.717) is 18.6 Å². The number of allylic oxidation sites excluding steroid dienone is 4. The van der Waals surface area contributed by atoms with Crippen LogP contribution in [0, 0.1) is 5.82 Å². The van der Waals surface area contributed by atoms with Crippen molar-refractivity contribution in [2.24, 2.45) is 0 Å². The Morgan fingerprint density at radius 3 is 2.49 bits per heavy atom. The number of ether oxygens (including phenoxy) is 3. The number of hydrogen-bond donors (Lipinski definition) is 0. The predicted octanol–water partition coefficient (Wildman–Crippen LogP) is 4.26. The maximum Gasteiger partial charge on any atom is 0.507 e. The molecular weight excluding hydrogens is 479 g/mol. The number of benzene rings is 1. The van der Waals surface area contributed by atoms with Crippen LogP contribution in [0.2, 0.25) is 0 Å². The van der Waals surface area contributed by atoms with E-state index in [9.17, 15) is 26.7 Å². The molecule has 2 aliphatic rings. The second-order valence-corrected chi connectivity index (χ2v) is 7.58. The summed E-state index contributed by atoms with van der Waals surface area (Å²) in [5.74, 6) is -3.17. The van der Waals surface area contributed by atoms with Crippen molar-refractivity contribution in [2.45, 2.75) is 24.7 Å². The number of methoxy groups -OCH3 is 1. The predicted molar refractivity (Wildman–Crippen MR) is 111 cm³/mol. The smallest absolute Gasteiger partial charge is 0.491 e. The molecule has 1 aliphatic carbocycles. The van der Waals surface area contributed by atoms with Crippen LogP contribution < -0.4 is 19.6 Å². The lowest BCUT2D eigenvalue weighted by atomic mass is 10.1. The summed E-state index contributed by atoms with van der Waals surface area (Å²) in [7, 11) is 1.21. The Morgan fingerprint density at radius 2 is 1.83 bits per heavy atom. The van der Waals surface area contributed by atoms with Crippen LogP contribution >= 0.6 is 0 Å². The van der Waals surface area contributed by atoms with Gasteiger partial charge in [-0.05, 0) is 12.5 Å². The van der Waals surface area contributed by atoms with Crippen LogP contribution in [0.5, 0.6) is 17.2 Å². The van der Waals surface area contributed by atoms with Gasteiger partial charge in [-0.2, -0.15) is 27.8 Å². The third kappa shape index (κ3) is 3.72. The second-order valence-electron chi connectivity index (χ2n) is 7.58. The Hall–Kier alpha value is -4.16. The Bertz CT molecular complexity index is 1430. The number of rotatable bonds is 4. The highest BCUT2D eigenvalue weighted by atomic mass is 19.3. The van der Waals surface area contributed by atoms with Crippen molar-refractivity contribution in [3.05, 3.63) is 70.9 Å². The van der Waals surface area contributed by atoms with Gasteiger partial charge in [-0.3, -0.25) is 9.48 Å². The summed E-state index contributed by atoms with van der Waals surface area (Å²) in [5, 5.41) is 8.43. The van der Waals surface area contributed by atoms with Crippen molar-refractivity contribution in [3.8, 4) is 34.3 Å². The van der Waals surface area contributed by atoms with E-state index in [2.05, 4.69) is 19.7 Å². The van der Waals surface area contributed by atoms with Crippen molar-refractivity contribution in [1.82, 2.24) is 19.6 Å². The molecule has 35 heavy (non-hydrogen) atoms. The van der Waals surface area contributed by atoms with Gasteiger partial charge in [0.25, 0.3) is 5.43 Å². The fourth-order valence-electron chi connectivity index (χ4n) is 3.67. The van der Waals surface area contributed by atoms with Gasteiger partial charge in [-0.15, -0.1) is 0 Å². The van der Waals surface area contributed by atoms with Gasteiger partial charge in [0.2, 0.25) is 0 Å². The van der Waals surface area contributed by atoms with Gasteiger partial charge in [0.15, 0.2) is 28.8 Å². The Morgan fingerprint density at radius 1 is 1.11 bits per heavy atom. The molecule has 0 amide bonds. The van der Waals surface area contributed by atoms with Crippen LogP contribution in [0.3, 0.4) is 0 Å². The second kappa shape index (κ2) is 7.96. The van der Waals surface area contributed by atoms with E-state index in [1.165, 1.54) is 19.4 Å². The van der Waals surface area contributed by atoms with E-state index < -0.39 is 40.6 Å². The average molecular weight is 494 g/mol. The Labute approximate surface area is 193 Å². The zero-order chi connectivity index (χ0) is 25.0. The molecular formula is C22H15F5N4O4. The van der Waals surface area contributed by atoms with E-state index in [4.69, 9.17) is 4.74 Å². The van der Waals surface area contributed by atoms with Gasteiger partial charge in [0.1, 0.15) is 5.69 Å². The largest absolute Gasteiger partial charge is 0.507 e. The van der Waals surface area contributed by atoms with Crippen LogP contribution in [0.15, 0.2) is 59.7 Å². The fourth-order valence-corrected chi connectivity index (χ4v) is 3.67. The first-order valence-electron chi connectivity index (χ1n) is 10.1. The number of alkyl halides is 4.